The Morgan fingerprint density at radius 2 is 2.18 bits per heavy atom. The van der Waals surface area contributed by atoms with E-state index in [0.29, 0.717) is 5.88 Å². The van der Waals surface area contributed by atoms with E-state index in [1.54, 1.807) is 7.11 Å². The van der Waals surface area contributed by atoms with Crippen LogP contribution in [0.3, 0.4) is 0 Å². The summed E-state index contributed by atoms with van der Waals surface area (Å²) in [4.78, 5) is 0. The molecule has 0 aliphatic carbocycles. The van der Waals surface area contributed by atoms with Crippen LogP contribution in [0, 0.1) is 6.92 Å². The lowest BCUT2D eigenvalue weighted by atomic mass is 10.1. The summed E-state index contributed by atoms with van der Waals surface area (Å²) in [6, 6.07) is 6.00. The van der Waals surface area contributed by atoms with E-state index < -0.39 is 0 Å². The maximum Gasteiger partial charge on any atom is 0.123 e. The third-order valence-corrected chi connectivity index (χ3v) is 1.87. The van der Waals surface area contributed by atoms with Crippen LogP contribution < -0.4 is 4.74 Å². The molecule has 0 unspecified atom stereocenters. The minimum absolute atomic E-state index is 0.503. The van der Waals surface area contributed by atoms with Crippen LogP contribution in [0.15, 0.2) is 18.2 Å². The molecule has 1 nitrogen and oxygen atoms in total. The number of aryl methyl sites for hydroxylation is 1. The van der Waals surface area contributed by atoms with E-state index in [4.69, 9.17) is 16.3 Å². The maximum atomic E-state index is 5.68. The predicted molar refractivity (Wildman–Crippen MR) is 47.3 cm³/mol. The fourth-order valence-electron chi connectivity index (χ4n) is 0.962. The smallest absolute Gasteiger partial charge is 0.123 e. The average Bonchev–Trinajstić information content (AvgIpc) is 2.04. The first-order chi connectivity index (χ1) is 5.27. The van der Waals surface area contributed by atoms with E-state index in [-0.39, 0.29) is 0 Å². The average molecular weight is 171 g/mol. The number of halogens is 1. The molecule has 0 radical (unpaired) electrons. The number of benzene rings is 1. The van der Waals surface area contributed by atoms with Crippen LogP contribution in [0.4, 0.5) is 0 Å². The lowest BCUT2D eigenvalue weighted by Crippen LogP contribution is -1.89. The van der Waals surface area contributed by atoms with Crippen molar-refractivity contribution in [2.45, 2.75) is 12.8 Å². The number of ether oxygens (including phenoxy) is 1. The molecular weight excluding hydrogens is 160 g/mol. The van der Waals surface area contributed by atoms with Crippen LogP contribution in [0.1, 0.15) is 11.1 Å². The first kappa shape index (κ1) is 8.41. The van der Waals surface area contributed by atoms with E-state index >= 15 is 0 Å². The lowest BCUT2D eigenvalue weighted by molar-refractivity contribution is 0.411. The molecule has 1 rings (SSSR count). The Bertz CT molecular complexity index is 245. The SMILES string of the molecule is COc1cc(C)ccc1CCl. The highest BCUT2D eigenvalue weighted by atomic mass is 35.5. The van der Waals surface area contributed by atoms with Gasteiger partial charge in [-0.05, 0) is 18.6 Å². The molecule has 0 spiro atoms. The normalized spacial score (nSPS) is 9.73. The molecule has 0 heterocycles. The Hall–Kier alpha value is -0.690. The zero-order valence-corrected chi connectivity index (χ0v) is 7.48. The second-order valence-corrected chi connectivity index (χ2v) is 2.72. The molecule has 0 amide bonds. The second-order valence-electron chi connectivity index (χ2n) is 2.45. The van der Waals surface area contributed by atoms with Crippen LogP contribution in [-0.4, -0.2) is 7.11 Å². The molecule has 0 atom stereocenters. The number of alkyl halides is 1. The van der Waals surface area contributed by atoms with Gasteiger partial charge in [0.1, 0.15) is 5.75 Å². The van der Waals surface area contributed by atoms with Gasteiger partial charge in [-0.1, -0.05) is 12.1 Å². The highest BCUT2D eigenvalue weighted by Crippen LogP contribution is 2.20. The maximum absolute atomic E-state index is 5.68. The van der Waals surface area contributed by atoms with Crippen LogP contribution in [0.25, 0.3) is 0 Å². The Balaban J connectivity index is 3.06. The first-order valence-corrected chi connectivity index (χ1v) is 4.01. The molecule has 0 N–H and O–H groups in total. The first-order valence-electron chi connectivity index (χ1n) is 3.47. The fraction of sp³-hybridized carbons (Fsp3) is 0.333. The summed E-state index contributed by atoms with van der Waals surface area (Å²) < 4.78 is 5.13. The van der Waals surface area contributed by atoms with Crippen molar-refractivity contribution in [3.63, 3.8) is 0 Å². The predicted octanol–water partition coefficient (Wildman–Crippen LogP) is 2.74. The highest BCUT2D eigenvalue weighted by Gasteiger charge is 1.99. The lowest BCUT2D eigenvalue weighted by Gasteiger charge is -2.05. The van der Waals surface area contributed by atoms with E-state index in [9.17, 15) is 0 Å². The van der Waals surface area contributed by atoms with E-state index in [1.165, 1.54) is 5.56 Å². The number of hydrogen-bond donors (Lipinski definition) is 0. The second kappa shape index (κ2) is 3.63. The summed E-state index contributed by atoms with van der Waals surface area (Å²) in [6.07, 6.45) is 0. The molecule has 1 aromatic rings. The number of hydrogen-bond acceptors (Lipinski definition) is 1. The van der Waals surface area contributed by atoms with Gasteiger partial charge in [0.2, 0.25) is 0 Å². The Morgan fingerprint density at radius 3 is 2.73 bits per heavy atom. The summed E-state index contributed by atoms with van der Waals surface area (Å²) in [5.41, 5.74) is 2.23. The van der Waals surface area contributed by atoms with Gasteiger partial charge in [-0.2, -0.15) is 0 Å². The molecule has 2 heteroatoms. The minimum Gasteiger partial charge on any atom is -0.496 e. The molecule has 0 fully saturated rings. The zero-order chi connectivity index (χ0) is 8.27. The van der Waals surface area contributed by atoms with Crippen molar-refractivity contribution >= 4 is 11.6 Å². The van der Waals surface area contributed by atoms with Gasteiger partial charge < -0.3 is 4.74 Å². The number of methoxy groups -OCH3 is 1. The quantitative estimate of drug-likeness (QED) is 0.621. The fourth-order valence-corrected chi connectivity index (χ4v) is 1.18. The molecular formula is C9H11ClO. The molecule has 0 bridgehead atoms. The van der Waals surface area contributed by atoms with Crippen molar-refractivity contribution in [3.05, 3.63) is 29.3 Å². The van der Waals surface area contributed by atoms with Gasteiger partial charge in [0.05, 0.1) is 13.0 Å². The standard InChI is InChI=1S/C9H11ClO/c1-7-3-4-8(6-10)9(5-7)11-2/h3-5H,6H2,1-2H3. The zero-order valence-electron chi connectivity index (χ0n) is 6.73. The van der Waals surface area contributed by atoms with Crippen molar-refractivity contribution in [2.24, 2.45) is 0 Å². The van der Waals surface area contributed by atoms with Crippen LogP contribution >= 0.6 is 11.6 Å². The summed E-state index contributed by atoms with van der Waals surface area (Å²) in [5, 5.41) is 0. The van der Waals surface area contributed by atoms with Gasteiger partial charge in [-0.25, -0.2) is 0 Å². The molecule has 0 aliphatic rings. The van der Waals surface area contributed by atoms with Gasteiger partial charge in [0, 0.05) is 5.56 Å². The van der Waals surface area contributed by atoms with Crippen molar-refractivity contribution in [2.75, 3.05) is 7.11 Å². The van der Waals surface area contributed by atoms with E-state index in [0.717, 1.165) is 11.3 Å². The van der Waals surface area contributed by atoms with Gasteiger partial charge >= 0.3 is 0 Å². The molecule has 0 saturated carbocycles. The number of rotatable bonds is 2. The summed E-state index contributed by atoms with van der Waals surface area (Å²) in [7, 11) is 1.66. The Kier molecular flexibility index (Phi) is 2.77. The van der Waals surface area contributed by atoms with Gasteiger partial charge in [0.15, 0.2) is 0 Å². The Morgan fingerprint density at radius 1 is 1.45 bits per heavy atom. The monoisotopic (exact) mass is 170 g/mol. The van der Waals surface area contributed by atoms with E-state index in [2.05, 4.69) is 0 Å². The van der Waals surface area contributed by atoms with Crippen molar-refractivity contribution < 1.29 is 4.74 Å². The van der Waals surface area contributed by atoms with Crippen LogP contribution in [-0.2, 0) is 5.88 Å². The molecule has 0 aromatic heterocycles. The topological polar surface area (TPSA) is 9.23 Å². The summed E-state index contributed by atoms with van der Waals surface area (Å²) >= 11 is 5.68. The molecule has 11 heavy (non-hydrogen) atoms. The largest absolute Gasteiger partial charge is 0.496 e. The van der Waals surface area contributed by atoms with Crippen LogP contribution in [0.2, 0.25) is 0 Å². The minimum atomic E-state index is 0.503. The highest BCUT2D eigenvalue weighted by molar-refractivity contribution is 6.17. The van der Waals surface area contributed by atoms with Crippen molar-refractivity contribution in [3.8, 4) is 5.75 Å². The Labute approximate surface area is 71.9 Å². The van der Waals surface area contributed by atoms with Crippen molar-refractivity contribution in [1.29, 1.82) is 0 Å². The third kappa shape index (κ3) is 1.87. The van der Waals surface area contributed by atoms with Gasteiger partial charge in [-0.3, -0.25) is 0 Å². The molecule has 1 aromatic carbocycles. The van der Waals surface area contributed by atoms with Gasteiger partial charge in [0.25, 0.3) is 0 Å². The summed E-state index contributed by atoms with van der Waals surface area (Å²) in [5.74, 6) is 1.38. The molecule has 0 saturated heterocycles. The third-order valence-electron chi connectivity index (χ3n) is 1.59. The van der Waals surface area contributed by atoms with Crippen LogP contribution in [0.5, 0.6) is 5.75 Å². The van der Waals surface area contributed by atoms with E-state index in [1.807, 2.05) is 25.1 Å². The molecule has 60 valence electrons. The van der Waals surface area contributed by atoms with Gasteiger partial charge in [-0.15, -0.1) is 11.6 Å². The molecule has 0 aliphatic heterocycles. The summed E-state index contributed by atoms with van der Waals surface area (Å²) in [6.45, 7) is 2.03. The van der Waals surface area contributed by atoms with Crippen molar-refractivity contribution in [1.82, 2.24) is 0 Å².